The van der Waals surface area contributed by atoms with Crippen LogP contribution in [-0.4, -0.2) is 20.0 Å². The molecule has 2 aromatic rings. The summed E-state index contributed by atoms with van der Waals surface area (Å²) in [6.45, 7) is 3.86. The molecular weight excluding hydrogens is 190 g/mol. The number of hydrogen-bond acceptors (Lipinski definition) is 4. The highest BCUT2D eigenvalue weighted by Gasteiger charge is 2.05. The summed E-state index contributed by atoms with van der Waals surface area (Å²) in [6, 6.07) is 7.23. The predicted molar refractivity (Wildman–Crippen MR) is 53.3 cm³/mol. The van der Waals surface area contributed by atoms with Crippen LogP contribution in [0.1, 0.15) is 17.1 Å². The summed E-state index contributed by atoms with van der Waals surface area (Å²) in [4.78, 5) is 0. The highest BCUT2D eigenvalue weighted by Crippen LogP contribution is 2.08. The number of nitrogens with zero attached hydrogens (tertiary/aromatic N) is 5. The van der Waals surface area contributed by atoms with E-state index in [9.17, 15) is 0 Å². The van der Waals surface area contributed by atoms with Gasteiger partial charge >= 0.3 is 0 Å². The standard InChI is InChI=1S/C10H9N5/c1-7-5-8(2)15(14-7)10-4-3-9(6-11)12-13-10/h3-5H,1-2H3. The SMILES string of the molecule is Cc1cc(C)n(-c2ccc(C#N)nn2)n1. The number of aryl methyl sites for hydroxylation is 2. The average molecular weight is 199 g/mol. The predicted octanol–water partition coefficient (Wildman–Crippen LogP) is 1.15. The second-order valence-corrected chi connectivity index (χ2v) is 3.23. The summed E-state index contributed by atoms with van der Waals surface area (Å²) in [6.07, 6.45) is 0. The number of hydrogen-bond donors (Lipinski definition) is 0. The molecule has 2 heterocycles. The molecule has 0 N–H and O–H groups in total. The normalized spacial score (nSPS) is 9.93. The molecule has 15 heavy (non-hydrogen) atoms. The first-order valence-corrected chi connectivity index (χ1v) is 4.48. The molecule has 5 nitrogen and oxygen atoms in total. The molecule has 0 amide bonds. The second-order valence-electron chi connectivity index (χ2n) is 3.23. The number of nitriles is 1. The maximum atomic E-state index is 8.58. The smallest absolute Gasteiger partial charge is 0.176 e. The first-order chi connectivity index (χ1) is 7.20. The zero-order valence-electron chi connectivity index (χ0n) is 8.47. The molecule has 0 aliphatic carbocycles. The van der Waals surface area contributed by atoms with Gasteiger partial charge in [-0.25, -0.2) is 4.68 Å². The quantitative estimate of drug-likeness (QED) is 0.691. The minimum atomic E-state index is 0.306. The van der Waals surface area contributed by atoms with E-state index in [0.29, 0.717) is 11.5 Å². The molecule has 0 saturated heterocycles. The van der Waals surface area contributed by atoms with Gasteiger partial charge in [-0.05, 0) is 32.0 Å². The van der Waals surface area contributed by atoms with Crippen molar-refractivity contribution >= 4 is 0 Å². The molecule has 0 saturated carbocycles. The summed E-state index contributed by atoms with van der Waals surface area (Å²) in [5.41, 5.74) is 2.23. The first-order valence-electron chi connectivity index (χ1n) is 4.48. The van der Waals surface area contributed by atoms with Crippen LogP contribution in [0.25, 0.3) is 5.82 Å². The van der Waals surface area contributed by atoms with Gasteiger partial charge in [-0.1, -0.05) is 0 Å². The molecule has 0 atom stereocenters. The van der Waals surface area contributed by atoms with Crippen molar-refractivity contribution in [3.63, 3.8) is 0 Å². The van der Waals surface area contributed by atoms with Crippen LogP contribution < -0.4 is 0 Å². The summed E-state index contributed by atoms with van der Waals surface area (Å²) in [7, 11) is 0. The lowest BCUT2D eigenvalue weighted by Gasteiger charge is -2.00. The summed E-state index contributed by atoms with van der Waals surface area (Å²) in [5.74, 6) is 0.625. The molecule has 0 fully saturated rings. The van der Waals surface area contributed by atoms with Gasteiger partial charge in [0.05, 0.1) is 5.69 Å². The van der Waals surface area contributed by atoms with Crippen LogP contribution in [0.15, 0.2) is 18.2 Å². The monoisotopic (exact) mass is 199 g/mol. The van der Waals surface area contributed by atoms with Crippen molar-refractivity contribution in [3.05, 3.63) is 35.3 Å². The molecule has 0 aromatic carbocycles. The van der Waals surface area contributed by atoms with Gasteiger partial charge < -0.3 is 0 Å². The Morgan fingerprint density at radius 3 is 2.53 bits per heavy atom. The lowest BCUT2D eigenvalue weighted by Crippen LogP contribution is -2.03. The van der Waals surface area contributed by atoms with Crippen LogP contribution in [-0.2, 0) is 0 Å². The highest BCUT2D eigenvalue weighted by atomic mass is 15.3. The fourth-order valence-electron chi connectivity index (χ4n) is 1.36. The molecule has 2 aromatic heterocycles. The Bertz CT molecular complexity index is 518. The minimum Gasteiger partial charge on any atom is -0.218 e. The fourth-order valence-corrected chi connectivity index (χ4v) is 1.36. The van der Waals surface area contributed by atoms with Crippen molar-refractivity contribution in [2.24, 2.45) is 0 Å². The molecule has 0 bridgehead atoms. The zero-order valence-corrected chi connectivity index (χ0v) is 8.47. The summed E-state index contributed by atoms with van der Waals surface area (Å²) >= 11 is 0. The molecule has 0 aliphatic rings. The van der Waals surface area contributed by atoms with E-state index in [-0.39, 0.29) is 0 Å². The van der Waals surface area contributed by atoms with E-state index in [1.54, 1.807) is 16.8 Å². The Kier molecular flexibility index (Phi) is 2.18. The van der Waals surface area contributed by atoms with Gasteiger partial charge in [-0.15, -0.1) is 10.2 Å². The average Bonchev–Trinajstić information content (AvgIpc) is 2.58. The maximum Gasteiger partial charge on any atom is 0.176 e. The van der Waals surface area contributed by atoms with Gasteiger partial charge in [0.2, 0.25) is 0 Å². The van der Waals surface area contributed by atoms with E-state index in [1.807, 2.05) is 26.0 Å². The van der Waals surface area contributed by atoms with E-state index in [4.69, 9.17) is 5.26 Å². The van der Waals surface area contributed by atoms with Crippen LogP contribution in [0, 0.1) is 25.2 Å². The van der Waals surface area contributed by atoms with Crippen molar-refractivity contribution < 1.29 is 0 Å². The van der Waals surface area contributed by atoms with Crippen molar-refractivity contribution in [1.82, 2.24) is 20.0 Å². The van der Waals surface area contributed by atoms with Crippen molar-refractivity contribution in [2.75, 3.05) is 0 Å². The molecule has 74 valence electrons. The number of aromatic nitrogens is 4. The third kappa shape index (κ3) is 1.70. The van der Waals surface area contributed by atoms with E-state index in [0.717, 1.165) is 11.4 Å². The van der Waals surface area contributed by atoms with Gasteiger partial charge in [0.25, 0.3) is 0 Å². The van der Waals surface area contributed by atoms with Crippen molar-refractivity contribution in [3.8, 4) is 11.9 Å². The van der Waals surface area contributed by atoms with Crippen LogP contribution >= 0.6 is 0 Å². The van der Waals surface area contributed by atoms with Crippen molar-refractivity contribution in [2.45, 2.75) is 13.8 Å². The summed E-state index contributed by atoms with van der Waals surface area (Å²) in [5, 5.41) is 20.5. The van der Waals surface area contributed by atoms with Crippen molar-refractivity contribution in [1.29, 1.82) is 5.26 Å². The Morgan fingerprint density at radius 1 is 1.27 bits per heavy atom. The molecular formula is C10H9N5. The molecule has 0 radical (unpaired) electrons. The van der Waals surface area contributed by atoms with E-state index < -0.39 is 0 Å². The Balaban J connectivity index is 2.46. The Labute approximate surface area is 87.0 Å². The van der Waals surface area contributed by atoms with Gasteiger partial charge in [0.15, 0.2) is 11.5 Å². The topological polar surface area (TPSA) is 67.4 Å². The van der Waals surface area contributed by atoms with Gasteiger partial charge in [0, 0.05) is 5.69 Å². The first kappa shape index (κ1) is 9.34. The van der Waals surface area contributed by atoms with Gasteiger partial charge in [0.1, 0.15) is 6.07 Å². The van der Waals surface area contributed by atoms with Crippen LogP contribution in [0.4, 0.5) is 0 Å². The fraction of sp³-hybridized carbons (Fsp3) is 0.200. The Hall–Kier alpha value is -2.22. The van der Waals surface area contributed by atoms with Gasteiger partial charge in [-0.2, -0.15) is 10.4 Å². The van der Waals surface area contributed by atoms with E-state index in [1.165, 1.54) is 0 Å². The third-order valence-corrected chi connectivity index (χ3v) is 1.99. The van der Waals surface area contributed by atoms with E-state index in [2.05, 4.69) is 15.3 Å². The molecule has 5 heteroatoms. The van der Waals surface area contributed by atoms with Crippen LogP contribution in [0.2, 0.25) is 0 Å². The molecule has 0 spiro atoms. The molecule has 2 rings (SSSR count). The highest BCUT2D eigenvalue weighted by molar-refractivity contribution is 5.28. The van der Waals surface area contributed by atoms with Gasteiger partial charge in [-0.3, -0.25) is 0 Å². The minimum absolute atomic E-state index is 0.306. The molecule has 0 aliphatic heterocycles. The van der Waals surface area contributed by atoms with E-state index >= 15 is 0 Å². The summed E-state index contributed by atoms with van der Waals surface area (Å²) < 4.78 is 1.70. The van der Waals surface area contributed by atoms with Crippen LogP contribution in [0.5, 0.6) is 0 Å². The second kappa shape index (κ2) is 3.50. The number of rotatable bonds is 1. The third-order valence-electron chi connectivity index (χ3n) is 1.99. The molecule has 0 unspecified atom stereocenters. The lowest BCUT2D eigenvalue weighted by atomic mass is 10.4. The van der Waals surface area contributed by atoms with Crippen LogP contribution in [0.3, 0.4) is 0 Å². The maximum absolute atomic E-state index is 8.58. The zero-order chi connectivity index (χ0) is 10.8. The largest absolute Gasteiger partial charge is 0.218 e. The Morgan fingerprint density at radius 2 is 2.07 bits per heavy atom. The lowest BCUT2D eigenvalue weighted by molar-refractivity contribution is 0.779.